The van der Waals surface area contributed by atoms with Gasteiger partial charge >= 0.3 is 0 Å². The molecule has 0 aromatic heterocycles. The van der Waals surface area contributed by atoms with Crippen LogP contribution in [-0.4, -0.2) is 13.1 Å². The zero-order valence-corrected chi connectivity index (χ0v) is 12.3. The van der Waals surface area contributed by atoms with E-state index in [-0.39, 0.29) is 5.69 Å². The molecule has 1 fully saturated rings. The Morgan fingerprint density at radius 1 is 1.22 bits per heavy atom. The van der Waals surface area contributed by atoms with E-state index in [9.17, 15) is 8.78 Å². The van der Waals surface area contributed by atoms with E-state index in [0.717, 1.165) is 19.5 Å². The van der Waals surface area contributed by atoms with Crippen LogP contribution in [0.2, 0.25) is 0 Å². The highest BCUT2D eigenvalue weighted by Crippen LogP contribution is 2.31. The molecule has 0 saturated carbocycles. The zero-order chi connectivity index (χ0) is 13.3. The summed E-state index contributed by atoms with van der Waals surface area (Å²) < 4.78 is 28.0. The maximum Gasteiger partial charge on any atom is 0.149 e. The van der Waals surface area contributed by atoms with E-state index in [1.807, 2.05) is 4.90 Å². The Morgan fingerprint density at radius 3 is 2.33 bits per heavy atom. The Bertz CT molecular complexity index is 413. The van der Waals surface area contributed by atoms with Crippen LogP contribution in [0.1, 0.15) is 25.8 Å². The molecular weight excluding hydrogens is 300 g/mol. The Labute approximate surface area is 115 Å². The summed E-state index contributed by atoms with van der Waals surface area (Å²) in [6.07, 6.45) is 0.986. The van der Waals surface area contributed by atoms with E-state index in [1.165, 1.54) is 12.1 Å². The molecule has 1 aliphatic heterocycles. The van der Waals surface area contributed by atoms with Gasteiger partial charge in [0.25, 0.3) is 0 Å². The van der Waals surface area contributed by atoms with Gasteiger partial charge in [-0.2, -0.15) is 0 Å². The Morgan fingerprint density at radius 2 is 1.83 bits per heavy atom. The third kappa shape index (κ3) is 2.68. The summed E-state index contributed by atoms with van der Waals surface area (Å²) in [5.41, 5.74) is 0.769. The monoisotopic (exact) mass is 317 g/mol. The number of alkyl halides is 1. The number of piperidine rings is 1. The SMILES string of the molecule is CC1CCN(c2c(F)cc(CBr)cc2F)CC1C. The van der Waals surface area contributed by atoms with E-state index in [4.69, 9.17) is 0 Å². The smallest absolute Gasteiger partial charge is 0.149 e. The van der Waals surface area contributed by atoms with Crippen molar-refractivity contribution >= 4 is 21.6 Å². The summed E-state index contributed by atoms with van der Waals surface area (Å²) in [5, 5.41) is 0.467. The topological polar surface area (TPSA) is 3.24 Å². The highest BCUT2D eigenvalue weighted by atomic mass is 79.9. The molecule has 1 heterocycles. The summed E-state index contributed by atoms with van der Waals surface area (Å²) in [5.74, 6) is 0.181. The molecule has 100 valence electrons. The van der Waals surface area contributed by atoms with Crippen LogP contribution < -0.4 is 4.90 Å². The quantitative estimate of drug-likeness (QED) is 0.733. The fraction of sp³-hybridized carbons (Fsp3) is 0.571. The molecule has 0 N–H and O–H groups in total. The Hall–Kier alpha value is -0.640. The summed E-state index contributed by atoms with van der Waals surface area (Å²) >= 11 is 3.22. The van der Waals surface area contributed by atoms with Gasteiger partial charge in [-0.25, -0.2) is 8.78 Å². The first kappa shape index (κ1) is 13.8. The van der Waals surface area contributed by atoms with E-state index in [1.54, 1.807) is 0 Å². The minimum Gasteiger partial charge on any atom is -0.367 e. The molecule has 1 aliphatic rings. The summed E-state index contributed by atoms with van der Waals surface area (Å²) in [6, 6.07) is 2.83. The number of hydrogen-bond acceptors (Lipinski definition) is 1. The van der Waals surface area contributed by atoms with Gasteiger partial charge in [-0.15, -0.1) is 0 Å². The van der Waals surface area contributed by atoms with Crippen molar-refractivity contribution in [3.63, 3.8) is 0 Å². The van der Waals surface area contributed by atoms with Crippen molar-refractivity contribution in [1.29, 1.82) is 0 Å². The molecule has 2 rings (SSSR count). The van der Waals surface area contributed by atoms with Crippen molar-refractivity contribution in [3.05, 3.63) is 29.3 Å². The number of benzene rings is 1. The second kappa shape index (κ2) is 5.55. The third-order valence-electron chi connectivity index (χ3n) is 3.88. The van der Waals surface area contributed by atoms with Gasteiger partial charge in [0.1, 0.15) is 17.3 Å². The first-order valence-corrected chi connectivity index (χ1v) is 7.44. The van der Waals surface area contributed by atoms with Gasteiger partial charge in [-0.1, -0.05) is 29.8 Å². The number of rotatable bonds is 2. The average Bonchev–Trinajstić information content (AvgIpc) is 2.32. The van der Waals surface area contributed by atoms with Crippen molar-refractivity contribution in [2.24, 2.45) is 11.8 Å². The van der Waals surface area contributed by atoms with Gasteiger partial charge in [0.2, 0.25) is 0 Å². The molecule has 1 aromatic rings. The highest BCUT2D eigenvalue weighted by molar-refractivity contribution is 9.08. The van der Waals surface area contributed by atoms with Gasteiger partial charge in [-0.3, -0.25) is 0 Å². The van der Waals surface area contributed by atoms with Crippen molar-refractivity contribution in [3.8, 4) is 0 Å². The molecule has 0 bridgehead atoms. The normalized spacial score (nSPS) is 24.4. The summed E-state index contributed by atoms with van der Waals surface area (Å²) in [7, 11) is 0. The lowest BCUT2D eigenvalue weighted by atomic mass is 9.88. The molecule has 2 unspecified atom stereocenters. The molecule has 0 radical (unpaired) electrons. The highest BCUT2D eigenvalue weighted by Gasteiger charge is 2.26. The molecule has 4 heteroatoms. The van der Waals surface area contributed by atoms with Crippen LogP contribution >= 0.6 is 15.9 Å². The van der Waals surface area contributed by atoms with Gasteiger partial charge in [0.15, 0.2) is 0 Å². The molecule has 1 nitrogen and oxygen atoms in total. The van der Waals surface area contributed by atoms with Crippen LogP contribution in [0.15, 0.2) is 12.1 Å². The Kier molecular flexibility index (Phi) is 4.25. The van der Waals surface area contributed by atoms with Crippen molar-refractivity contribution in [2.45, 2.75) is 25.6 Å². The van der Waals surface area contributed by atoms with Gasteiger partial charge in [0, 0.05) is 18.4 Å². The van der Waals surface area contributed by atoms with Crippen molar-refractivity contribution in [1.82, 2.24) is 0 Å². The molecule has 0 spiro atoms. The number of hydrogen-bond donors (Lipinski definition) is 0. The second-order valence-electron chi connectivity index (χ2n) is 5.23. The van der Waals surface area contributed by atoms with E-state index in [2.05, 4.69) is 29.8 Å². The van der Waals surface area contributed by atoms with Crippen LogP contribution in [0, 0.1) is 23.5 Å². The number of nitrogens with zero attached hydrogens (tertiary/aromatic N) is 1. The first-order chi connectivity index (χ1) is 8.52. The standard InChI is InChI=1S/C14H18BrF2N/c1-9-3-4-18(8-10(9)2)14-12(16)5-11(7-15)6-13(14)17/h5-6,9-10H,3-4,7-8H2,1-2H3. The van der Waals surface area contributed by atoms with Crippen LogP contribution in [-0.2, 0) is 5.33 Å². The third-order valence-corrected chi connectivity index (χ3v) is 4.53. The lowest BCUT2D eigenvalue weighted by molar-refractivity contribution is 0.320. The minimum atomic E-state index is -0.453. The van der Waals surface area contributed by atoms with E-state index >= 15 is 0 Å². The molecule has 18 heavy (non-hydrogen) atoms. The molecule has 2 atom stereocenters. The lowest BCUT2D eigenvalue weighted by Crippen LogP contribution is -2.39. The van der Waals surface area contributed by atoms with Gasteiger partial charge in [0.05, 0.1) is 0 Å². The number of anilines is 1. The maximum atomic E-state index is 14.0. The predicted octanol–water partition coefficient (Wildman–Crippen LogP) is 4.34. The predicted molar refractivity (Wildman–Crippen MR) is 74.1 cm³/mol. The average molecular weight is 318 g/mol. The van der Waals surface area contributed by atoms with Gasteiger partial charge in [-0.05, 0) is 36.0 Å². The van der Waals surface area contributed by atoms with Crippen LogP contribution in [0.3, 0.4) is 0 Å². The van der Waals surface area contributed by atoms with Crippen LogP contribution in [0.5, 0.6) is 0 Å². The Balaban J connectivity index is 2.28. The fourth-order valence-corrected chi connectivity index (χ4v) is 2.79. The molecular formula is C14H18BrF2N. The van der Waals surface area contributed by atoms with Gasteiger partial charge < -0.3 is 4.90 Å². The zero-order valence-electron chi connectivity index (χ0n) is 10.7. The molecule has 1 saturated heterocycles. The van der Waals surface area contributed by atoms with Crippen molar-refractivity contribution in [2.75, 3.05) is 18.0 Å². The minimum absolute atomic E-state index is 0.137. The summed E-state index contributed by atoms with van der Waals surface area (Å²) in [6.45, 7) is 5.79. The van der Waals surface area contributed by atoms with E-state index in [0.29, 0.717) is 22.7 Å². The van der Waals surface area contributed by atoms with E-state index < -0.39 is 11.6 Å². The largest absolute Gasteiger partial charge is 0.367 e. The fourth-order valence-electron chi connectivity index (χ4n) is 2.46. The van der Waals surface area contributed by atoms with Crippen LogP contribution in [0.4, 0.5) is 14.5 Å². The molecule has 0 aliphatic carbocycles. The van der Waals surface area contributed by atoms with Crippen LogP contribution in [0.25, 0.3) is 0 Å². The first-order valence-electron chi connectivity index (χ1n) is 6.31. The number of halogens is 3. The molecule has 1 aromatic carbocycles. The maximum absolute atomic E-state index is 14.0. The van der Waals surface area contributed by atoms with Crippen molar-refractivity contribution < 1.29 is 8.78 Å². The lowest BCUT2D eigenvalue weighted by Gasteiger charge is -2.37. The summed E-state index contributed by atoms with van der Waals surface area (Å²) in [4.78, 5) is 1.84. The second-order valence-corrected chi connectivity index (χ2v) is 5.79. The molecule has 0 amide bonds.